The van der Waals surface area contributed by atoms with Gasteiger partial charge in [-0.2, -0.15) is 0 Å². The van der Waals surface area contributed by atoms with E-state index in [9.17, 15) is 4.39 Å². The molecule has 0 saturated heterocycles. The molecule has 16 heavy (non-hydrogen) atoms. The Morgan fingerprint density at radius 1 is 1.38 bits per heavy atom. The van der Waals surface area contributed by atoms with Crippen molar-refractivity contribution in [1.82, 2.24) is 0 Å². The van der Waals surface area contributed by atoms with Gasteiger partial charge in [0, 0.05) is 6.42 Å². The number of ether oxygens (including phenoxy) is 1. The molecule has 1 aromatic carbocycles. The van der Waals surface area contributed by atoms with Crippen LogP contribution >= 0.6 is 0 Å². The van der Waals surface area contributed by atoms with Crippen LogP contribution in [0.2, 0.25) is 0 Å². The molecule has 86 valence electrons. The van der Waals surface area contributed by atoms with Crippen LogP contribution in [-0.2, 0) is 10.3 Å². The molecule has 1 aliphatic heterocycles. The van der Waals surface area contributed by atoms with Crippen molar-refractivity contribution >= 4 is 5.90 Å². The first-order valence-electron chi connectivity index (χ1n) is 5.61. The molecule has 1 heterocycles. The summed E-state index contributed by atoms with van der Waals surface area (Å²) in [5.41, 5.74) is 0.651. The monoisotopic (exact) mass is 221 g/mol. The van der Waals surface area contributed by atoms with Gasteiger partial charge < -0.3 is 4.74 Å². The van der Waals surface area contributed by atoms with E-state index in [1.807, 2.05) is 6.92 Å². The van der Waals surface area contributed by atoms with Crippen molar-refractivity contribution in [3.05, 3.63) is 35.6 Å². The van der Waals surface area contributed by atoms with Crippen molar-refractivity contribution in [2.45, 2.75) is 32.2 Å². The maximum Gasteiger partial charge on any atom is 0.184 e. The lowest BCUT2D eigenvalue weighted by atomic mass is 9.94. The quantitative estimate of drug-likeness (QED) is 0.767. The summed E-state index contributed by atoms with van der Waals surface area (Å²) in [6, 6.07) is 6.48. The third-order valence-corrected chi connectivity index (χ3v) is 2.82. The lowest BCUT2D eigenvalue weighted by Gasteiger charge is -2.18. The van der Waals surface area contributed by atoms with E-state index in [2.05, 4.69) is 11.9 Å². The molecule has 1 unspecified atom stereocenters. The molecule has 2 rings (SSSR count). The van der Waals surface area contributed by atoms with E-state index in [1.165, 1.54) is 12.1 Å². The van der Waals surface area contributed by atoms with E-state index < -0.39 is 0 Å². The van der Waals surface area contributed by atoms with E-state index in [-0.39, 0.29) is 11.4 Å². The maximum absolute atomic E-state index is 12.8. The molecular weight excluding hydrogens is 205 g/mol. The minimum absolute atomic E-state index is 0.218. The first-order valence-corrected chi connectivity index (χ1v) is 5.61. The normalized spacial score (nSPS) is 24.1. The Morgan fingerprint density at radius 2 is 2.06 bits per heavy atom. The number of halogens is 1. The zero-order chi connectivity index (χ0) is 11.6. The van der Waals surface area contributed by atoms with E-state index in [0.29, 0.717) is 6.61 Å². The molecule has 0 spiro atoms. The van der Waals surface area contributed by atoms with Crippen LogP contribution in [-0.4, -0.2) is 12.5 Å². The second-order valence-electron chi connectivity index (χ2n) is 4.32. The van der Waals surface area contributed by atoms with Gasteiger partial charge in [0.05, 0.1) is 0 Å². The van der Waals surface area contributed by atoms with Crippen LogP contribution in [0.4, 0.5) is 4.39 Å². The van der Waals surface area contributed by atoms with Crippen LogP contribution in [0, 0.1) is 5.82 Å². The highest BCUT2D eigenvalue weighted by molar-refractivity contribution is 5.78. The standard InChI is InChI=1S/C13H16FNO/c1-3-4-12-15-13(2,9-16-12)10-5-7-11(14)8-6-10/h5-8H,3-4,9H2,1-2H3. The first-order chi connectivity index (χ1) is 7.64. The number of nitrogens with zero attached hydrogens (tertiary/aromatic N) is 1. The highest BCUT2D eigenvalue weighted by Crippen LogP contribution is 2.31. The van der Waals surface area contributed by atoms with Crippen molar-refractivity contribution < 1.29 is 9.13 Å². The smallest absolute Gasteiger partial charge is 0.184 e. The van der Waals surface area contributed by atoms with E-state index in [4.69, 9.17) is 4.74 Å². The topological polar surface area (TPSA) is 21.6 Å². The SMILES string of the molecule is CCCC1=NC(C)(c2ccc(F)cc2)CO1. The number of hydrogen-bond donors (Lipinski definition) is 0. The third-order valence-electron chi connectivity index (χ3n) is 2.82. The maximum atomic E-state index is 12.8. The summed E-state index contributed by atoms with van der Waals surface area (Å²) in [4.78, 5) is 4.58. The molecule has 1 aromatic rings. The minimum atomic E-state index is -0.349. The minimum Gasteiger partial charge on any atom is -0.478 e. The van der Waals surface area contributed by atoms with Crippen LogP contribution in [0.5, 0.6) is 0 Å². The fraction of sp³-hybridized carbons (Fsp3) is 0.462. The molecule has 1 aliphatic rings. The second-order valence-corrected chi connectivity index (χ2v) is 4.32. The van der Waals surface area contributed by atoms with Gasteiger partial charge >= 0.3 is 0 Å². The fourth-order valence-corrected chi connectivity index (χ4v) is 1.86. The van der Waals surface area contributed by atoms with Crippen molar-refractivity contribution in [1.29, 1.82) is 0 Å². The van der Waals surface area contributed by atoms with Gasteiger partial charge in [-0.25, -0.2) is 9.38 Å². The Kier molecular flexibility index (Phi) is 2.95. The van der Waals surface area contributed by atoms with Crippen LogP contribution in [0.1, 0.15) is 32.3 Å². The molecule has 3 heteroatoms. The fourth-order valence-electron chi connectivity index (χ4n) is 1.86. The van der Waals surface area contributed by atoms with Crippen LogP contribution in [0.3, 0.4) is 0 Å². The Balaban J connectivity index is 2.23. The predicted molar refractivity (Wildman–Crippen MR) is 62.0 cm³/mol. The summed E-state index contributed by atoms with van der Waals surface area (Å²) in [5.74, 6) is 0.596. The average Bonchev–Trinajstić information content (AvgIpc) is 2.63. The molecule has 2 nitrogen and oxygen atoms in total. The van der Waals surface area contributed by atoms with Crippen LogP contribution in [0.25, 0.3) is 0 Å². The van der Waals surface area contributed by atoms with Gasteiger partial charge in [-0.15, -0.1) is 0 Å². The van der Waals surface area contributed by atoms with Gasteiger partial charge in [0.2, 0.25) is 0 Å². The van der Waals surface area contributed by atoms with Gasteiger partial charge in [-0.05, 0) is 31.0 Å². The van der Waals surface area contributed by atoms with Crippen molar-refractivity contribution in [2.24, 2.45) is 4.99 Å². The molecule has 0 aliphatic carbocycles. The predicted octanol–water partition coefficient (Wildman–Crippen LogP) is 3.27. The van der Waals surface area contributed by atoms with Gasteiger partial charge in [0.25, 0.3) is 0 Å². The summed E-state index contributed by atoms with van der Waals surface area (Å²) in [6.45, 7) is 4.66. The van der Waals surface area contributed by atoms with E-state index in [0.717, 1.165) is 24.3 Å². The van der Waals surface area contributed by atoms with Crippen LogP contribution < -0.4 is 0 Å². The number of aliphatic imine (C=N–C) groups is 1. The molecule has 0 N–H and O–H groups in total. The first kappa shape index (κ1) is 11.1. The molecule has 0 bridgehead atoms. The number of benzene rings is 1. The Hall–Kier alpha value is -1.38. The zero-order valence-electron chi connectivity index (χ0n) is 9.66. The van der Waals surface area contributed by atoms with Crippen molar-refractivity contribution in [2.75, 3.05) is 6.61 Å². The second kappa shape index (κ2) is 4.24. The Labute approximate surface area is 95.2 Å². The van der Waals surface area contributed by atoms with Crippen molar-refractivity contribution in [3.8, 4) is 0 Å². The lowest BCUT2D eigenvalue weighted by molar-refractivity contribution is 0.264. The summed E-state index contributed by atoms with van der Waals surface area (Å²) in [6.07, 6.45) is 1.90. The van der Waals surface area contributed by atoms with Gasteiger partial charge in [0.1, 0.15) is 18.0 Å². The summed E-state index contributed by atoms with van der Waals surface area (Å²) in [7, 11) is 0. The molecule has 0 fully saturated rings. The summed E-state index contributed by atoms with van der Waals surface area (Å²) < 4.78 is 18.4. The van der Waals surface area contributed by atoms with Crippen molar-refractivity contribution in [3.63, 3.8) is 0 Å². The summed E-state index contributed by atoms with van der Waals surface area (Å²) >= 11 is 0. The third kappa shape index (κ3) is 2.08. The van der Waals surface area contributed by atoms with Gasteiger partial charge in [0.15, 0.2) is 5.90 Å². The molecule has 0 radical (unpaired) electrons. The molecule has 1 atom stereocenters. The number of hydrogen-bond acceptors (Lipinski definition) is 2. The molecule has 0 aromatic heterocycles. The van der Waals surface area contributed by atoms with Gasteiger partial charge in [-0.1, -0.05) is 19.1 Å². The Bertz CT molecular complexity index is 399. The average molecular weight is 221 g/mol. The summed E-state index contributed by atoms with van der Waals surface area (Å²) in [5, 5.41) is 0. The molecule has 0 amide bonds. The molecular formula is C13H16FNO. The zero-order valence-corrected chi connectivity index (χ0v) is 9.66. The largest absolute Gasteiger partial charge is 0.478 e. The van der Waals surface area contributed by atoms with Gasteiger partial charge in [-0.3, -0.25) is 0 Å². The highest BCUT2D eigenvalue weighted by atomic mass is 19.1. The van der Waals surface area contributed by atoms with E-state index >= 15 is 0 Å². The van der Waals surface area contributed by atoms with Crippen LogP contribution in [0.15, 0.2) is 29.3 Å². The lowest BCUT2D eigenvalue weighted by Crippen LogP contribution is -2.20. The Morgan fingerprint density at radius 3 is 2.69 bits per heavy atom. The number of rotatable bonds is 3. The highest BCUT2D eigenvalue weighted by Gasteiger charge is 2.32. The van der Waals surface area contributed by atoms with E-state index in [1.54, 1.807) is 12.1 Å². The molecule has 0 saturated carbocycles.